The highest BCUT2D eigenvalue weighted by molar-refractivity contribution is 5.99. The van der Waals surface area contributed by atoms with Crippen LogP contribution in [-0.4, -0.2) is 40.6 Å². The number of benzene rings is 3. The molecule has 0 bridgehead atoms. The lowest BCUT2D eigenvalue weighted by molar-refractivity contribution is -0.330. The lowest BCUT2D eigenvalue weighted by atomic mass is 9.99. The summed E-state index contributed by atoms with van der Waals surface area (Å²) in [7, 11) is 0. The van der Waals surface area contributed by atoms with E-state index in [4.69, 9.17) is 0 Å². The maximum atomic E-state index is 14.0. The van der Waals surface area contributed by atoms with Crippen molar-refractivity contribution in [1.82, 2.24) is 15.2 Å². The second-order valence-electron chi connectivity index (χ2n) is 11.1. The molecule has 1 amide bonds. The van der Waals surface area contributed by atoms with Crippen LogP contribution < -0.4 is 10.6 Å². The van der Waals surface area contributed by atoms with E-state index in [0.29, 0.717) is 29.6 Å². The largest absolute Gasteiger partial charge is 0.522 e. The highest BCUT2D eigenvalue weighted by Crippen LogP contribution is 2.27. The Morgan fingerprint density at radius 1 is 0.978 bits per heavy atom. The molecule has 2 atom stereocenters. The first-order chi connectivity index (χ1) is 21.5. The smallest absolute Gasteiger partial charge is 0.390 e. The molecule has 4 rings (SSSR count). The average Bonchev–Trinajstić information content (AvgIpc) is 3.34. The van der Waals surface area contributed by atoms with Gasteiger partial charge in [0.15, 0.2) is 0 Å². The van der Waals surface area contributed by atoms with Gasteiger partial charge in [0.1, 0.15) is 11.6 Å². The number of aryl methyl sites for hydroxylation is 2. The molecule has 45 heavy (non-hydrogen) atoms. The Hall–Kier alpha value is -3.80. The number of hydrogen-bond donors (Lipinski definition) is 3. The molecule has 3 N–H and O–H groups in total. The number of nitrogens with zero attached hydrogens (tertiary/aromatic N) is 1. The van der Waals surface area contributed by atoms with Crippen molar-refractivity contribution in [2.24, 2.45) is 0 Å². The number of aliphatic hydroxyl groups is 1. The van der Waals surface area contributed by atoms with Crippen molar-refractivity contribution in [3.63, 3.8) is 0 Å². The predicted molar refractivity (Wildman–Crippen MR) is 163 cm³/mol. The van der Waals surface area contributed by atoms with Crippen LogP contribution in [0.2, 0.25) is 0 Å². The number of nitrogens with one attached hydrogen (secondary N) is 2. The van der Waals surface area contributed by atoms with E-state index in [1.54, 1.807) is 22.9 Å². The zero-order valence-corrected chi connectivity index (χ0v) is 25.3. The van der Waals surface area contributed by atoms with Crippen LogP contribution >= 0.6 is 0 Å². The third kappa shape index (κ3) is 9.84. The highest BCUT2D eigenvalue weighted by Gasteiger charge is 2.30. The molecule has 0 radical (unpaired) electrons. The Bertz CT molecular complexity index is 1570. The van der Waals surface area contributed by atoms with E-state index in [2.05, 4.69) is 28.4 Å². The number of amides is 1. The van der Waals surface area contributed by atoms with E-state index in [-0.39, 0.29) is 24.1 Å². The molecule has 0 aliphatic rings. The van der Waals surface area contributed by atoms with E-state index in [1.165, 1.54) is 11.6 Å². The second kappa shape index (κ2) is 15.5. The number of alkyl halides is 3. The molecule has 0 unspecified atom stereocenters. The topological polar surface area (TPSA) is 75.5 Å². The second-order valence-corrected chi connectivity index (χ2v) is 11.1. The van der Waals surface area contributed by atoms with Gasteiger partial charge in [0.25, 0.3) is 5.91 Å². The highest BCUT2D eigenvalue weighted by atomic mass is 19.4. The van der Waals surface area contributed by atoms with Crippen molar-refractivity contribution in [2.45, 2.75) is 77.7 Å². The van der Waals surface area contributed by atoms with Crippen molar-refractivity contribution in [2.75, 3.05) is 6.54 Å². The summed E-state index contributed by atoms with van der Waals surface area (Å²) in [6.07, 6.45) is -1.86. The van der Waals surface area contributed by atoms with Crippen molar-refractivity contribution >= 4 is 16.8 Å². The van der Waals surface area contributed by atoms with Crippen molar-refractivity contribution in [1.29, 1.82) is 0 Å². The third-order valence-electron chi connectivity index (χ3n) is 7.61. The van der Waals surface area contributed by atoms with E-state index >= 15 is 0 Å². The summed E-state index contributed by atoms with van der Waals surface area (Å²) in [6, 6.07) is 14.8. The Labute approximate surface area is 259 Å². The number of aromatic nitrogens is 1. The summed E-state index contributed by atoms with van der Waals surface area (Å²) in [5.41, 5.74) is 3.57. The Balaban J connectivity index is 1.55. The van der Waals surface area contributed by atoms with Crippen molar-refractivity contribution in [3.05, 3.63) is 106 Å². The molecular weight excluding hydrogens is 593 g/mol. The summed E-state index contributed by atoms with van der Waals surface area (Å²) >= 11 is 0. The molecule has 242 valence electrons. The molecule has 1 aromatic heterocycles. The van der Waals surface area contributed by atoms with E-state index in [9.17, 15) is 31.9 Å². The van der Waals surface area contributed by atoms with Gasteiger partial charge in [-0.15, -0.1) is 13.2 Å². The fraction of sp³-hybridized carbons (Fsp3) is 0.382. The third-order valence-corrected chi connectivity index (χ3v) is 7.61. The number of fused-ring (bicyclic) bond motifs is 1. The number of aliphatic hydroxyl groups excluding tert-OH is 1. The van der Waals surface area contributed by atoms with Crippen LogP contribution in [0.15, 0.2) is 66.9 Å². The summed E-state index contributed by atoms with van der Waals surface area (Å²) in [5.74, 6) is -2.10. The molecule has 0 aliphatic heterocycles. The quantitative estimate of drug-likeness (QED) is 0.126. The Morgan fingerprint density at radius 2 is 1.71 bits per heavy atom. The fourth-order valence-electron chi connectivity index (χ4n) is 5.28. The van der Waals surface area contributed by atoms with Gasteiger partial charge in [-0.05, 0) is 60.2 Å². The van der Waals surface area contributed by atoms with Gasteiger partial charge in [0.2, 0.25) is 0 Å². The first kappa shape index (κ1) is 34.1. The molecule has 0 fully saturated rings. The van der Waals surface area contributed by atoms with Gasteiger partial charge in [-0.3, -0.25) is 9.53 Å². The average molecular weight is 632 g/mol. The maximum Gasteiger partial charge on any atom is 0.522 e. The van der Waals surface area contributed by atoms with Crippen molar-refractivity contribution in [3.8, 4) is 0 Å². The Kier molecular flexibility index (Phi) is 11.7. The van der Waals surface area contributed by atoms with Crippen LogP contribution in [0.25, 0.3) is 10.9 Å². The molecule has 4 aromatic rings. The minimum atomic E-state index is -4.79. The van der Waals surface area contributed by atoms with E-state index < -0.39 is 42.7 Å². The fourth-order valence-corrected chi connectivity index (χ4v) is 5.28. The molecule has 0 saturated carbocycles. The normalized spacial score (nSPS) is 13.2. The summed E-state index contributed by atoms with van der Waals surface area (Å²) in [5, 5.41) is 17.7. The monoisotopic (exact) mass is 631 g/mol. The minimum Gasteiger partial charge on any atom is -0.390 e. The van der Waals surface area contributed by atoms with Gasteiger partial charge in [-0.2, -0.15) is 0 Å². The molecule has 6 nitrogen and oxygen atoms in total. The van der Waals surface area contributed by atoms with Crippen LogP contribution in [0.4, 0.5) is 22.0 Å². The van der Waals surface area contributed by atoms with E-state index in [1.807, 2.05) is 25.1 Å². The molecule has 0 aliphatic carbocycles. The van der Waals surface area contributed by atoms with Gasteiger partial charge in [-0.25, -0.2) is 8.78 Å². The van der Waals surface area contributed by atoms with Crippen molar-refractivity contribution < 1.29 is 36.6 Å². The van der Waals surface area contributed by atoms with E-state index in [0.717, 1.165) is 43.0 Å². The number of halogens is 5. The molecular formula is C34H38F5N3O3. The SMILES string of the molecule is CCCCn1cc(COC(F)(F)F)c2ccc(C(=O)N[C@@H](Cc3cc(F)cc(F)c3)[C@H](O)CNCc3cccc(CC)c3)cc21. The zero-order chi connectivity index (χ0) is 32.6. The first-order valence-corrected chi connectivity index (χ1v) is 15.0. The van der Waals surface area contributed by atoms with Gasteiger partial charge in [-0.1, -0.05) is 50.6 Å². The lowest BCUT2D eigenvalue weighted by Gasteiger charge is -2.25. The standard InChI is InChI=1S/C34H38F5N3O3/c1-3-5-11-42-20-26(21-45-34(37,38)39)29-10-9-25(16-31(29)42)33(44)41-30(15-24-13-27(35)17-28(36)14-24)32(43)19-40-18-23-8-6-7-22(4-2)12-23/h6-10,12-14,16-17,20,30,32,40,43H,3-5,11,15,18-19,21H2,1-2H3,(H,41,44)/t30-,32+/m0/s1. The number of hydrogen-bond acceptors (Lipinski definition) is 4. The summed E-state index contributed by atoms with van der Waals surface area (Å²) < 4.78 is 72.1. The van der Waals surface area contributed by atoms with Gasteiger partial charge in [0.05, 0.1) is 18.8 Å². The number of ether oxygens (including phenoxy) is 1. The van der Waals surface area contributed by atoms with Gasteiger partial charge >= 0.3 is 6.36 Å². The molecule has 3 aromatic carbocycles. The van der Waals surface area contributed by atoms with Crippen LogP contribution in [0.5, 0.6) is 0 Å². The lowest BCUT2D eigenvalue weighted by Crippen LogP contribution is -2.48. The summed E-state index contributed by atoms with van der Waals surface area (Å²) in [6.45, 7) is 4.46. The maximum absolute atomic E-state index is 14.0. The molecule has 11 heteroatoms. The molecule has 1 heterocycles. The van der Waals surface area contributed by atoms with Crippen LogP contribution in [0.3, 0.4) is 0 Å². The molecule has 0 spiro atoms. The Morgan fingerprint density at radius 3 is 2.40 bits per heavy atom. The van der Waals surface area contributed by atoms with Crippen LogP contribution in [0, 0.1) is 11.6 Å². The number of rotatable bonds is 15. The number of unbranched alkanes of at least 4 members (excludes halogenated alkanes) is 1. The minimum absolute atomic E-state index is 0.0529. The van der Waals surface area contributed by atoms with Gasteiger partial charge < -0.3 is 20.3 Å². The predicted octanol–water partition coefficient (Wildman–Crippen LogP) is 6.81. The van der Waals surface area contributed by atoms with Gasteiger partial charge in [0, 0.05) is 53.9 Å². The van der Waals surface area contributed by atoms with Crippen LogP contribution in [0.1, 0.15) is 59.3 Å². The first-order valence-electron chi connectivity index (χ1n) is 15.0. The number of carbonyl (C=O) groups is 1. The zero-order valence-electron chi connectivity index (χ0n) is 25.3. The molecule has 0 saturated heterocycles. The number of carbonyl (C=O) groups excluding carboxylic acids is 1. The van der Waals surface area contributed by atoms with Crippen LogP contribution in [-0.2, 0) is 37.3 Å². The summed E-state index contributed by atoms with van der Waals surface area (Å²) in [4.78, 5) is 13.5.